The molecule has 9 nitrogen and oxygen atoms in total. The maximum atomic E-state index is 12.9. The van der Waals surface area contributed by atoms with Crippen molar-refractivity contribution in [1.82, 2.24) is 9.29 Å². The summed E-state index contributed by atoms with van der Waals surface area (Å²) < 4.78 is 43.0. The van der Waals surface area contributed by atoms with Gasteiger partial charge in [0, 0.05) is 18.5 Å². The quantitative estimate of drug-likeness (QED) is 0.527. The molecule has 0 aliphatic carbocycles. The minimum atomic E-state index is -3.89. The van der Waals surface area contributed by atoms with E-state index in [0.29, 0.717) is 35.9 Å². The van der Waals surface area contributed by atoms with Gasteiger partial charge in [-0.1, -0.05) is 18.2 Å². The number of ether oxygens (including phenoxy) is 2. The molecule has 168 valence electrons. The lowest BCUT2D eigenvalue weighted by atomic mass is 10.2. The highest BCUT2D eigenvalue weighted by molar-refractivity contribution is 7.89. The summed E-state index contributed by atoms with van der Waals surface area (Å²) in [6, 6.07) is 15.5. The van der Waals surface area contributed by atoms with Crippen LogP contribution in [0, 0.1) is 6.92 Å². The summed E-state index contributed by atoms with van der Waals surface area (Å²) >= 11 is 0. The second-order valence-electron chi connectivity index (χ2n) is 7.24. The van der Waals surface area contributed by atoms with Gasteiger partial charge >= 0.3 is 6.16 Å². The molecule has 1 aliphatic heterocycles. The van der Waals surface area contributed by atoms with Gasteiger partial charge in [-0.2, -0.15) is 4.31 Å². The van der Waals surface area contributed by atoms with Crippen molar-refractivity contribution in [1.29, 1.82) is 0 Å². The molecule has 0 unspecified atom stereocenters. The molecule has 0 bridgehead atoms. The molecule has 32 heavy (non-hydrogen) atoms. The van der Waals surface area contributed by atoms with Gasteiger partial charge in [0.25, 0.3) is 0 Å². The van der Waals surface area contributed by atoms with Crippen molar-refractivity contribution in [2.45, 2.75) is 37.5 Å². The zero-order chi connectivity index (χ0) is 22.7. The third kappa shape index (κ3) is 4.61. The molecule has 0 saturated carbocycles. The van der Waals surface area contributed by atoms with Crippen molar-refractivity contribution in [2.75, 3.05) is 6.54 Å². The highest BCUT2D eigenvalue weighted by Gasteiger charge is 2.37. The first-order valence-corrected chi connectivity index (χ1v) is 11.4. The molecule has 0 amide bonds. The molecular weight excluding hydrogens is 436 g/mol. The molecule has 2 aromatic carbocycles. The van der Waals surface area contributed by atoms with E-state index in [4.69, 9.17) is 19.0 Å². The van der Waals surface area contributed by atoms with Crippen LogP contribution in [0.3, 0.4) is 0 Å². The standard InChI is InChI=1S/C22H22N2O7S/c1-15-19(23-21(30-15)16-6-3-2-4-7-16)14-29-17-9-11-18(12-10-17)32(27,28)24-13-5-8-20(24)31-22(25)26/h2-4,6-7,9-12,20H,5,8,13-14H2,1H3,(H,25,26)/t20-/m1/s1. The number of sulfonamides is 1. The summed E-state index contributed by atoms with van der Waals surface area (Å²) in [5.41, 5.74) is 1.51. The van der Waals surface area contributed by atoms with Crippen LogP contribution in [0.15, 0.2) is 63.9 Å². The fourth-order valence-electron chi connectivity index (χ4n) is 3.48. The van der Waals surface area contributed by atoms with Gasteiger partial charge in [-0.25, -0.2) is 18.2 Å². The molecule has 4 rings (SSSR count). The van der Waals surface area contributed by atoms with E-state index in [1.807, 2.05) is 30.3 Å². The van der Waals surface area contributed by atoms with Gasteiger partial charge < -0.3 is 19.0 Å². The Morgan fingerprint density at radius 1 is 1.19 bits per heavy atom. The number of aromatic nitrogens is 1. The van der Waals surface area contributed by atoms with E-state index < -0.39 is 22.4 Å². The topological polar surface area (TPSA) is 119 Å². The van der Waals surface area contributed by atoms with E-state index in [1.54, 1.807) is 19.1 Å². The molecule has 3 aromatic rings. The molecule has 1 aliphatic rings. The number of oxazole rings is 1. The normalized spacial score (nSPS) is 16.7. The van der Waals surface area contributed by atoms with Crippen molar-refractivity contribution in [3.63, 3.8) is 0 Å². The van der Waals surface area contributed by atoms with Crippen LogP contribution in [-0.2, 0) is 21.4 Å². The molecule has 1 saturated heterocycles. The molecule has 10 heteroatoms. The molecule has 1 fully saturated rings. The van der Waals surface area contributed by atoms with Gasteiger partial charge in [0.1, 0.15) is 23.8 Å². The fraction of sp³-hybridized carbons (Fsp3) is 0.273. The molecule has 2 heterocycles. The van der Waals surface area contributed by atoms with E-state index >= 15 is 0 Å². The third-order valence-corrected chi connectivity index (χ3v) is 7.01. The first kappa shape index (κ1) is 21.8. The average Bonchev–Trinajstić information content (AvgIpc) is 3.39. The molecule has 0 spiro atoms. The SMILES string of the molecule is Cc1oc(-c2ccccc2)nc1COc1ccc(S(=O)(=O)N2CCC[C@H]2OC(=O)O)cc1. The number of hydrogen-bond acceptors (Lipinski definition) is 7. The number of hydrogen-bond donors (Lipinski definition) is 1. The van der Waals surface area contributed by atoms with Crippen LogP contribution in [0.25, 0.3) is 11.5 Å². The fourth-order valence-corrected chi connectivity index (χ4v) is 5.06. The van der Waals surface area contributed by atoms with Gasteiger partial charge in [0.2, 0.25) is 15.9 Å². The number of carboxylic acid groups (broad SMARTS) is 1. The number of benzene rings is 2. The zero-order valence-electron chi connectivity index (χ0n) is 17.3. The predicted molar refractivity (Wildman–Crippen MR) is 113 cm³/mol. The van der Waals surface area contributed by atoms with Crippen molar-refractivity contribution >= 4 is 16.2 Å². The monoisotopic (exact) mass is 458 g/mol. The first-order valence-electron chi connectivity index (χ1n) is 10.0. The van der Waals surface area contributed by atoms with Gasteiger partial charge in [-0.15, -0.1) is 0 Å². The Kier molecular flexibility index (Phi) is 6.15. The second kappa shape index (κ2) is 9.01. The summed E-state index contributed by atoms with van der Waals surface area (Å²) in [6.07, 6.45) is -1.66. The van der Waals surface area contributed by atoms with Gasteiger partial charge in [0.15, 0.2) is 6.23 Å². The predicted octanol–water partition coefficient (Wildman–Crippen LogP) is 4.03. The van der Waals surface area contributed by atoms with Crippen LogP contribution >= 0.6 is 0 Å². The lowest BCUT2D eigenvalue weighted by Crippen LogP contribution is -2.38. The minimum Gasteiger partial charge on any atom is -0.487 e. The second-order valence-corrected chi connectivity index (χ2v) is 9.13. The van der Waals surface area contributed by atoms with Crippen LogP contribution in [0.4, 0.5) is 4.79 Å². The number of rotatable bonds is 7. The molecule has 1 aromatic heterocycles. The van der Waals surface area contributed by atoms with Gasteiger partial charge in [-0.3, -0.25) is 0 Å². The van der Waals surface area contributed by atoms with E-state index in [0.717, 1.165) is 9.87 Å². The van der Waals surface area contributed by atoms with Crippen molar-refractivity contribution < 1.29 is 32.2 Å². The molecule has 0 radical (unpaired) electrons. The summed E-state index contributed by atoms with van der Waals surface area (Å²) in [5, 5.41) is 8.83. The van der Waals surface area contributed by atoms with Gasteiger partial charge in [-0.05, 0) is 49.7 Å². The Bertz CT molecular complexity index is 1190. The lowest BCUT2D eigenvalue weighted by molar-refractivity contribution is 0.0170. The van der Waals surface area contributed by atoms with E-state index in [9.17, 15) is 13.2 Å². The third-order valence-electron chi connectivity index (χ3n) is 5.11. The van der Waals surface area contributed by atoms with Crippen molar-refractivity contribution in [3.05, 3.63) is 66.1 Å². The summed E-state index contributed by atoms with van der Waals surface area (Å²) in [4.78, 5) is 15.3. The lowest BCUT2D eigenvalue weighted by Gasteiger charge is -2.22. The zero-order valence-corrected chi connectivity index (χ0v) is 18.1. The van der Waals surface area contributed by atoms with Crippen LogP contribution in [-0.4, -0.2) is 41.7 Å². The summed E-state index contributed by atoms with van der Waals surface area (Å²) in [5.74, 6) is 1.61. The Morgan fingerprint density at radius 3 is 2.59 bits per heavy atom. The van der Waals surface area contributed by atoms with E-state index in [-0.39, 0.29) is 18.0 Å². The Morgan fingerprint density at radius 2 is 1.91 bits per heavy atom. The Balaban J connectivity index is 1.43. The van der Waals surface area contributed by atoms with E-state index in [1.165, 1.54) is 12.1 Å². The van der Waals surface area contributed by atoms with E-state index in [2.05, 4.69) is 4.98 Å². The first-order chi connectivity index (χ1) is 15.3. The van der Waals surface area contributed by atoms with Gasteiger partial charge in [0.05, 0.1) is 4.90 Å². The molecular formula is C22H22N2O7S. The summed E-state index contributed by atoms with van der Waals surface area (Å²) in [6.45, 7) is 2.17. The maximum absolute atomic E-state index is 12.9. The molecule has 1 atom stereocenters. The number of nitrogens with zero attached hydrogens (tertiary/aromatic N) is 2. The number of carbonyl (C=O) groups is 1. The highest BCUT2D eigenvalue weighted by atomic mass is 32.2. The maximum Gasteiger partial charge on any atom is 0.507 e. The minimum absolute atomic E-state index is 0.0368. The Hall–Kier alpha value is -3.37. The number of aryl methyl sites for hydroxylation is 1. The van der Waals surface area contributed by atoms with Crippen LogP contribution in [0.1, 0.15) is 24.3 Å². The largest absolute Gasteiger partial charge is 0.507 e. The van der Waals surface area contributed by atoms with Crippen LogP contribution in [0.5, 0.6) is 5.75 Å². The van der Waals surface area contributed by atoms with Crippen molar-refractivity contribution in [3.8, 4) is 17.2 Å². The molecule has 1 N–H and O–H groups in total. The van der Waals surface area contributed by atoms with Crippen molar-refractivity contribution in [2.24, 2.45) is 0 Å². The summed E-state index contributed by atoms with van der Waals surface area (Å²) in [7, 11) is -3.89. The van der Waals surface area contributed by atoms with Crippen LogP contribution in [0.2, 0.25) is 0 Å². The smallest absolute Gasteiger partial charge is 0.487 e. The highest BCUT2D eigenvalue weighted by Crippen LogP contribution is 2.28. The Labute approximate surface area is 185 Å². The average molecular weight is 458 g/mol. The van der Waals surface area contributed by atoms with Crippen LogP contribution < -0.4 is 4.74 Å².